The van der Waals surface area contributed by atoms with Crippen LogP contribution in [-0.4, -0.2) is 24.2 Å². The fourth-order valence-electron chi connectivity index (χ4n) is 2.41. The molecule has 1 heterocycles. The van der Waals surface area contributed by atoms with Gasteiger partial charge < -0.3 is 14.5 Å². The lowest BCUT2D eigenvalue weighted by atomic mass is 10.1. The van der Waals surface area contributed by atoms with Crippen molar-refractivity contribution in [3.05, 3.63) is 41.7 Å². The van der Waals surface area contributed by atoms with E-state index in [0.29, 0.717) is 28.6 Å². The third kappa shape index (κ3) is 2.64. The van der Waals surface area contributed by atoms with E-state index in [-0.39, 0.29) is 11.4 Å². The van der Waals surface area contributed by atoms with Gasteiger partial charge in [0.1, 0.15) is 34.2 Å². The highest BCUT2D eigenvalue weighted by Gasteiger charge is 2.34. The number of nitrogens with one attached hydrogen (secondary N) is 1. The van der Waals surface area contributed by atoms with Crippen LogP contribution in [-0.2, 0) is 6.18 Å². The van der Waals surface area contributed by atoms with Crippen molar-refractivity contribution in [3.8, 4) is 22.9 Å². The fourth-order valence-corrected chi connectivity index (χ4v) is 2.41. The van der Waals surface area contributed by atoms with Gasteiger partial charge in [0, 0.05) is 5.56 Å². The molecule has 0 aliphatic heterocycles. The van der Waals surface area contributed by atoms with Crippen molar-refractivity contribution in [2.45, 2.75) is 6.18 Å². The Labute approximate surface area is 134 Å². The minimum atomic E-state index is -4.75. The van der Waals surface area contributed by atoms with Crippen molar-refractivity contribution in [1.29, 1.82) is 0 Å². The summed E-state index contributed by atoms with van der Waals surface area (Å²) in [5.41, 5.74) is -0.197. The highest BCUT2D eigenvalue weighted by atomic mass is 19.4. The highest BCUT2D eigenvalue weighted by Crippen LogP contribution is 2.36. The van der Waals surface area contributed by atoms with Gasteiger partial charge in [-0.3, -0.25) is 0 Å². The van der Waals surface area contributed by atoms with Crippen LogP contribution in [0, 0.1) is 5.82 Å². The van der Waals surface area contributed by atoms with Crippen LogP contribution in [0.2, 0.25) is 0 Å². The number of nitrogens with zero attached hydrogens (tertiary/aromatic N) is 1. The summed E-state index contributed by atoms with van der Waals surface area (Å²) in [6.45, 7) is 0. The van der Waals surface area contributed by atoms with Crippen molar-refractivity contribution >= 4 is 11.0 Å². The number of methoxy groups -OCH3 is 2. The molecule has 3 aromatic rings. The van der Waals surface area contributed by atoms with Gasteiger partial charge in [0.05, 0.1) is 19.8 Å². The molecule has 0 aliphatic carbocycles. The Kier molecular flexibility index (Phi) is 3.82. The summed E-state index contributed by atoms with van der Waals surface area (Å²) in [5.74, 6) is -0.211. The van der Waals surface area contributed by atoms with Crippen LogP contribution >= 0.6 is 0 Å². The predicted molar refractivity (Wildman–Crippen MR) is 79.6 cm³/mol. The van der Waals surface area contributed by atoms with Gasteiger partial charge in [0.25, 0.3) is 0 Å². The van der Waals surface area contributed by atoms with Gasteiger partial charge >= 0.3 is 6.18 Å². The van der Waals surface area contributed by atoms with Gasteiger partial charge in [-0.15, -0.1) is 0 Å². The maximum Gasteiger partial charge on any atom is 0.419 e. The number of rotatable bonds is 3. The minimum Gasteiger partial charge on any atom is -0.494 e. The zero-order chi connectivity index (χ0) is 17.5. The number of imidazole rings is 1. The second-order valence-corrected chi connectivity index (χ2v) is 4.97. The van der Waals surface area contributed by atoms with Crippen LogP contribution in [0.5, 0.6) is 11.5 Å². The highest BCUT2D eigenvalue weighted by molar-refractivity contribution is 5.89. The molecule has 0 spiro atoms. The van der Waals surface area contributed by atoms with Crippen molar-refractivity contribution in [3.63, 3.8) is 0 Å². The molecule has 0 fully saturated rings. The molecule has 0 saturated carbocycles. The van der Waals surface area contributed by atoms with E-state index < -0.39 is 17.6 Å². The van der Waals surface area contributed by atoms with Crippen LogP contribution in [0.15, 0.2) is 30.3 Å². The molecule has 3 rings (SSSR count). The van der Waals surface area contributed by atoms with E-state index in [2.05, 4.69) is 9.97 Å². The summed E-state index contributed by atoms with van der Waals surface area (Å²) in [5, 5.41) is 0. The molecular weight excluding hydrogens is 328 g/mol. The molecule has 0 bridgehead atoms. The lowest BCUT2D eigenvalue weighted by molar-refractivity contribution is -0.139. The van der Waals surface area contributed by atoms with E-state index in [1.54, 1.807) is 12.1 Å². The molecule has 1 aromatic heterocycles. The molecule has 0 saturated heterocycles. The number of fused-ring (bicyclic) bond motifs is 1. The van der Waals surface area contributed by atoms with Crippen molar-refractivity contribution in [2.75, 3.05) is 14.2 Å². The number of halogens is 4. The molecule has 24 heavy (non-hydrogen) atoms. The van der Waals surface area contributed by atoms with Gasteiger partial charge in [-0.1, -0.05) is 6.07 Å². The van der Waals surface area contributed by atoms with E-state index in [4.69, 9.17) is 9.47 Å². The Morgan fingerprint density at radius 3 is 2.25 bits per heavy atom. The summed E-state index contributed by atoms with van der Waals surface area (Å²) in [4.78, 5) is 7.21. The number of hydrogen-bond acceptors (Lipinski definition) is 3. The Balaban J connectivity index is 2.15. The topological polar surface area (TPSA) is 47.1 Å². The average molecular weight is 340 g/mol. The zero-order valence-corrected chi connectivity index (χ0v) is 12.7. The van der Waals surface area contributed by atoms with E-state index in [1.807, 2.05) is 0 Å². The summed E-state index contributed by atoms with van der Waals surface area (Å²) < 4.78 is 62.1. The Hall–Kier alpha value is -2.77. The number of alkyl halides is 3. The molecule has 0 aliphatic rings. The van der Waals surface area contributed by atoms with Crippen LogP contribution in [0.3, 0.4) is 0 Å². The molecular formula is C16H12F4N2O2. The van der Waals surface area contributed by atoms with Crippen molar-refractivity contribution in [1.82, 2.24) is 9.97 Å². The molecule has 8 heteroatoms. The van der Waals surface area contributed by atoms with Gasteiger partial charge in [-0.25, -0.2) is 9.37 Å². The first-order chi connectivity index (χ1) is 11.3. The molecule has 4 nitrogen and oxygen atoms in total. The number of H-pyrrole nitrogens is 1. The third-order valence-corrected chi connectivity index (χ3v) is 3.56. The molecule has 0 unspecified atom stereocenters. The lowest BCUT2D eigenvalue weighted by Gasteiger charge is -2.08. The minimum absolute atomic E-state index is 0.181. The molecule has 126 valence electrons. The van der Waals surface area contributed by atoms with E-state index >= 15 is 0 Å². The van der Waals surface area contributed by atoms with Crippen LogP contribution in [0.4, 0.5) is 17.6 Å². The molecule has 2 aromatic carbocycles. The number of benzene rings is 2. The monoisotopic (exact) mass is 340 g/mol. The largest absolute Gasteiger partial charge is 0.494 e. The smallest absolute Gasteiger partial charge is 0.419 e. The van der Waals surface area contributed by atoms with E-state index in [0.717, 1.165) is 12.1 Å². The van der Waals surface area contributed by atoms with Crippen LogP contribution in [0.25, 0.3) is 22.4 Å². The zero-order valence-electron chi connectivity index (χ0n) is 12.7. The predicted octanol–water partition coefficient (Wildman–Crippen LogP) is 4.41. The maximum absolute atomic E-state index is 13.8. The third-order valence-electron chi connectivity index (χ3n) is 3.56. The first-order valence-electron chi connectivity index (χ1n) is 6.83. The van der Waals surface area contributed by atoms with Gasteiger partial charge in [-0.2, -0.15) is 13.2 Å². The second kappa shape index (κ2) is 5.70. The molecule has 0 amide bonds. The fraction of sp³-hybridized carbons (Fsp3) is 0.188. The summed E-state index contributed by atoms with van der Waals surface area (Å²) >= 11 is 0. The standard InChI is InChI=1S/C16H12F4N2O2/c1-23-11-5-6-12(24-2)14-13(11)21-15(22-14)8-3-4-9(10(17)7-8)16(18,19)20/h3-7H,1-2H3,(H,21,22). The van der Waals surface area contributed by atoms with Gasteiger partial charge in [-0.05, 0) is 24.3 Å². The second-order valence-electron chi connectivity index (χ2n) is 4.97. The Bertz CT molecular complexity index is 862. The van der Waals surface area contributed by atoms with E-state index in [1.165, 1.54) is 14.2 Å². The Morgan fingerprint density at radius 2 is 1.67 bits per heavy atom. The molecule has 1 N–H and O–H groups in total. The summed E-state index contributed by atoms with van der Waals surface area (Å²) in [7, 11) is 2.94. The number of aromatic amines is 1. The Morgan fingerprint density at radius 1 is 1.00 bits per heavy atom. The molecule has 0 atom stereocenters. The van der Waals surface area contributed by atoms with Crippen molar-refractivity contribution in [2.24, 2.45) is 0 Å². The van der Waals surface area contributed by atoms with Crippen molar-refractivity contribution < 1.29 is 27.0 Å². The normalized spacial score (nSPS) is 11.8. The van der Waals surface area contributed by atoms with Crippen LogP contribution in [0.1, 0.15) is 5.56 Å². The lowest BCUT2D eigenvalue weighted by Crippen LogP contribution is -2.07. The SMILES string of the molecule is COc1ccc(OC)c2[nH]c(-c3ccc(C(F)(F)F)c(F)c3)nc12. The first kappa shape index (κ1) is 16.1. The summed E-state index contributed by atoms with van der Waals surface area (Å²) in [6, 6.07) is 5.95. The number of aromatic nitrogens is 2. The van der Waals surface area contributed by atoms with Crippen LogP contribution < -0.4 is 9.47 Å². The molecule has 0 radical (unpaired) electrons. The quantitative estimate of drug-likeness (QED) is 0.719. The average Bonchev–Trinajstić information content (AvgIpc) is 2.97. The van der Waals surface area contributed by atoms with E-state index in [9.17, 15) is 17.6 Å². The van der Waals surface area contributed by atoms with Gasteiger partial charge in [0.15, 0.2) is 0 Å². The van der Waals surface area contributed by atoms with Gasteiger partial charge in [0.2, 0.25) is 0 Å². The number of ether oxygens (including phenoxy) is 2. The first-order valence-corrected chi connectivity index (χ1v) is 6.83. The number of hydrogen-bond donors (Lipinski definition) is 1. The summed E-state index contributed by atoms with van der Waals surface area (Å²) in [6.07, 6.45) is -4.75. The maximum atomic E-state index is 13.8.